The fraction of sp³-hybridized carbons (Fsp3) is 0.0909. The number of methoxy groups -OCH3 is 1. The summed E-state index contributed by atoms with van der Waals surface area (Å²) in [4.78, 5) is 40.3. The van der Waals surface area contributed by atoms with E-state index >= 15 is 0 Å². The third kappa shape index (κ3) is 8.37. The van der Waals surface area contributed by atoms with E-state index in [4.69, 9.17) is 9.47 Å². The van der Waals surface area contributed by atoms with Crippen molar-refractivity contribution >= 4 is 35.8 Å². The van der Waals surface area contributed by atoms with E-state index in [2.05, 4.69) is 15.8 Å². The maximum Gasteiger partial charge on any atom is 0.343 e. The Bertz CT molecular complexity index is 1670. The highest BCUT2D eigenvalue weighted by atomic mass is 19.1. The maximum absolute atomic E-state index is 13.5. The van der Waals surface area contributed by atoms with E-state index in [-0.39, 0.29) is 22.8 Å². The fourth-order valence-corrected chi connectivity index (χ4v) is 3.83. The van der Waals surface area contributed by atoms with Crippen LogP contribution in [0.3, 0.4) is 0 Å². The van der Waals surface area contributed by atoms with Crippen LogP contribution >= 0.6 is 0 Å². The van der Waals surface area contributed by atoms with Crippen LogP contribution < -0.4 is 25.1 Å². The van der Waals surface area contributed by atoms with Crippen molar-refractivity contribution in [2.24, 2.45) is 5.10 Å². The van der Waals surface area contributed by atoms with E-state index in [1.54, 1.807) is 48.5 Å². The average molecular weight is 581 g/mol. The summed E-state index contributed by atoms with van der Waals surface area (Å²) >= 11 is 0. The largest absolute Gasteiger partial charge is 0.493 e. The number of benzene rings is 4. The molecule has 0 atom stereocenters. The lowest BCUT2D eigenvalue weighted by atomic mass is 10.1. The van der Waals surface area contributed by atoms with Gasteiger partial charge in [0.2, 0.25) is 0 Å². The topological polar surface area (TPSA) is 109 Å². The molecule has 2 amide bonds. The van der Waals surface area contributed by atoms with Crippen molar-refractivity contribution in [2.75, 3.05) is 26.1 Å². The van der Waals surface area contributed by atoms with Crippen LogP contribution in [0.5, 0.6) is 11.5 Å². The Morgan fingerprint density at radius 2 is 1.51 bits per heavy atom. The number of esters is 1. The van der Waals surface area contributed by atoms with Crippen LogP contribution in [0.25, 0.3) is 6.08 Å². The average Bonchev–Trinajstić information content (AvgIpc) is 3.01. The predicted molar refractivity (Wildman–Crippen MR) is 163 cm³/mol. The molecule has 0 bridgehead atoms. The molecule has 0 spiro atoms. The Morgan fingerprint density at radius 3 is 2.19 bits per heavy atom. The number of halogens is 1. The smallest absolute Gasteiger partial charge is 0.343 e. The summed E-state index contributed by atoms with van der Waals surface area (Å²) < 4.78 is 24.2. The van der Waals surface area contributed by atoms with Gasteiger partial charge in [0.1, 0.15) is 11.5 Å². The molecule has 0 fully saturated rings. The third-order valence-electron chi connectivity index (χ3n) is 6.08. The Hall–Kier alpha value is -5.77. The van der Waals surface area contributed by atoms with Gasteiger partial charge in [-0.3, -0.25) is 9.59 Å². The fourth-order valence-electron chi connectivity index (χ4n) is 3.83. The lowest BCUT2D eigenvalue weighted by molar-refractivity contribution is -0.117. The Kier molecular flexibility index (Phi) is 9.99. The molecule has 2 N–H and O–H groups in total. The maximum atomic E-state index is 13.5. The Morgan fingerprint density at radius 1 is 0.814 bits per heavy atom. The number of carbonyl (C=O) groups excluding carboxylic acids is 3. The molecule has 0 unspecified atom stereocenters. The molecule has 0 saturated carbocycles. The minimum atomic E-state index is -0.750. The number of anilines is 1. The summed E-state index contributed by atoms with van der Waals surface area (Å²) in [6.45, 7) is 0. The van der Waals surface area contributed by atoms with Crippen LogP contribution in [0.15, 0.2) is 108 Å². The van der Waals surface area contributed by atoms with Crippen molar-refractivity contribution in [2.45, 2.75) is 0 Å². The molecule has 0 aromatic heterocycles. The summed E-state index contributed by atoms with van der Waals surface area (Å²) in [7, 11) is 5.24. The molecule has 4 aromatic rings. The summed E-state index contributed by atoms with van der Waals surface area (Å²) in [6.07, 6.45) is 2.91. The first-order chi connectivity index (χ1) is 20.7. The van der Waals surface area contributed by atoms with E-state index in [1.165, 1.54) is 37.6 Å². The van der Waals surface area contributed by atoms with Crippen molar-refractivity contribution in [1.82, 2.24) is 10.7 Å². The van der Waals surface area contributed by atoms with Crippen molar-refractivity contribution in [1.29, 1.82) is 0 Å². The van der Waals surface area contributed by atoms with E-state index in [0.717, 1.165) is 11.8 Å². The van der Waals surface area contributed by atoms with Gasteiger partial charge in [-0.1, -0.05) is 36.4 Å². The molecule has 10 heteroatoms. The van der Waals surface area contributed by atoms with Gasteiger partial charge < -0.3 is 19.7 Å². The van der Waals surface area contributed by atoms with Gasteiger partial charge in [-0.2, -0.15) is 5.10 Å². The molecule has 0 aliphatic carbocycles. The van der Waals surface area contributed by atoms with Crippen LogP contribution in [-0.2, 0) is 4.79 Å². The number of carbonyl (C=O) groups is 3. The zero-order valence-corrected chi connectivity index (χ0v) is 23.7. The van der Waals surface area contributed by atoms with Gasteiger partial charge in [-0.25, -0.2) is 14.6 Å². The standard InChI is InChI=1S/C33H29FN4O5/c1-38(2)27-15-12-22(13-16-27)18-28(36-31(39)24-8-5-4-6-9-24)32(40)37-35-21-23-14-17-29(30(19-23)42-3)43-33(41)25-10-7-11-26(34)20-25/h4-21H,1-3H3,(H,36,39)(H,37,40)/b28-18-,35-21-. The SMILES string of the molecule is COc1cc(/C=N\NC(=O)/C(=C/c2ccc(N(C)C)cc2)NC(=O)c2ccccc2)ccc1OC(=O)c1cccc(F)c1. The highest BCUT2D eigenvalue weighted by Crippen LogP contribution is 2.28. The summed E-state index contributed by atoms with van der Waals surface area (Å²) in [5.41, 5.74) is 5.04. The number of amides is 2. The van der Waals surface area contributed by atoms with E-state index < -0.39 is 23.6 Å². The van der Waals surface area contributed by atoms with E-state index in [0.29, 0.717) is 16.7 Å². The third-order valence-corrected chi connectivity index (χ3v) is 6.08. The number of rotatable bonds is 10. The van der Waals surface area contributed by atoms with Gasteiger partial charge >= 0.3 is 5.97 Å². The normalized spacial score (nSPS) is 11.1. The number of nitrogens with one attached hydrogen (secondary N) is 2. The first-order valence-electron chi connectivity index (χ1n) is 13.1. The number of hydrogen-bond acceptors (Lipinski definition) is 7. The van der Waals surface area contributed by atoms with Gasteiger partial charge in [0, 0.05) is 25.3 Å². The van der Waals surface area contributed by atoms with E-state index in [1.807, 2.05) is 43.3 Å². The first-order valence-corrected chi connectivity index (χ1v) is 13.1. The monoisotopic (exact) mass is 580 g/mol. The molecule has 0 radical (unpaired) electrons. The van der Waals surface area contributed by atoms with Crippen molar-refractivity contribution < 1.29 is 28.2 Å². The molecular weight excluding hydrogens is 551 g/mol. The second-order valence-corrected chi connectivity index (χ2v) is 9.37. The lowest BCUT2D eigenvalue weighted by Crippen LogP contribution is -2.32. The Balaban J connectivity index is 1.49. The number of hydrogen-bond donors (Lipinski definition) is 2. The molecule has 0 aliphatic rings. The van der Waals surface area contributed by atoms with Crippen LogP contribution in [0, 0.1) is 5.82 Å². The van der Waals surface area contributed by atoms with Gasteiger partial charge in [-0.15, -0.1) is 0 Å². The first kappa shape index (κ1) is 30.2. The van der Waals surface area contributed by atoms with Gasteiger partial charge in [0.05, 0.1) is 18.9 Å². The van der Waals surface area contributed by atoms with Crippen LogP contribution in [0.1, 0.15) is 31.8 Å². The highest BCUT2D eigenvalue weighted by molar-refractivity contribution is 6.05. The summed E-state index contributed by atoms with van der Waals surface area (Å²) in [5, 5.41) is 6.68. The molecule has 0 aliphatic heterocycles. The molecule has 4 aromatic carbocycles. The summed E-state index contributed by atoms with van der Waals surface area (Å²) in [6, 6.07) is 25.7. The second kappa shape index (κ2) is 14.2. The number of ether oxygens (including phenoxy) is 2. The van der Waals surface area contributed by atoms with Crippen molar-refractivity contribution in [3.8, 4) is 11.5 Å². The predicted octanol–water partition coefficient (Wildman–Crippen LogP) is 5.04. The highest BCUT2D eigenvalue weighted by Gasteiger charge is 2.16. The van der Waals surface area contributed by atoms with Gasteiger partial charge in [0.25, 0.3) is 11.8 Å². The van der Waals surface area contributed by atoms with Crippen LogP contribution in [0.2, 0.25) is 0 Å². The zero-order valence-electron chi connectivity index (χ0n) is 23.7. The van der Waals surface area contributed by atoms with Crippen LogP contribution in [0.4, 0.5) is 10.1 Å². The van der Waals surface area contributed by atoms with Gasteiger partial charge in [-0.05, 0) is 77.9 Å². The molecule has 0 saturated heterocycles. The lowest BCUT2D eigenvalue weighted by Gasteiger charge is -2.13. The summed E-state index contributed by atoms with van der Waals surface area (Å²) in [5.74, 6) is -2.08. The molecule has 4 rings (SSSR count). The number of hydrazone groups is 1. The molecule has 0 heterocycles. The molecule has 43 heavy (non-hydrogen) atoms. The van der Waals surface area contributed by atoms with E-state index in [9.17, 15) is 18.8 Å². The van der Waals surface area contributed by atoms with Gasteiger partial charge in [0.15, 0.2) is 11.5 Å². The Labute approximate surface area is 248 Å². The number of nitrogens with zero attached hydrogens (tertiary/aromatic N) is 2. The molecule has 218 valence electrons. The van der Waals surface area contributed by atoms with Crippen molar-refractivity contribution in [3.05, 3.63) is 131 Å². The minimum Gasteiger partial charge on any atom is -0.493 e. The second-order valence-electron chi connectivity index (χ2n) is 9.37. The van der Waals surface area contributed by atoms with Crippen molar-refractivity contribution in [3.63, 3.8) is 0 Å². The van der Waals surface area contributed by atoms with Crippen LogP contribution in [-0.4, -0.2) is 45.2 Å². The minimum absolute atomic E-state index is 0.0132. The quantitative estimate of drug-likeness (QED) is 0.0895. The molecular formula is C33H29FN4O5. The zero-order chi connectivity index (χ0) is 30.8. The molecule has 9 nitrogen and oxygen atoms in total.